The molecule has 1 aliphatic rings. The van der Waals surface area contributed by atoms with E-state index in [9.17, 15) is 19.8 Å². The van der Waals surface area contributed by atoms with Crippen LogP contribution in [0.1, 0.15) is 22.4 Å². The van der Waals surface area contributed by atoms with Gasteiger partial charge in [-0.05, 0) is 61.2 Å². The number of thiophene rings is 1. The fraction of sp³-hybridized carbons (Fsp3) is 0.167. The molecule has 0 fully saturated rings. The van der Waals surface area contributed by atoms with Crippen LogP contribution >= 0.6 is 34.7 Å². The summed E-state index contributed by atoms with van der Waals surface area (Å²) in [5.74, 6) is -0.678. The highest BCUT2D eigenvalue weighted by Crippen LogP contribution is 2.36. The van der Waals surface area contributed by atoms with Crippen molar-refractivity contribution in [3.8, 4) is 17.2 Å². The Kier molecular flexibility index (Phi) is 6.50. The minimum Gasteiger partial charge on any atom is -0.508 e. The van der Waals surface area contributed by atoms with E-state index in [2.05, 4.69) is 10.5 Å². The van der Waals surface area contributed by atoms with E-state index >= 15 is 0 Å². The summed E-state index contributed by atoms with van der Waals surface area (Å²) in [6.07, 6.45) is 4.14. The highest BCUT2D eigenvalue weighted by Gasteiger charge is 2.24. The van der Waals surface area contributed by atoms with Crippen LogP contribution in [0.5, 0.6) is 11.5 Å². The molecule has 0 spiro atoms. The van der Waals surface area contributed by atoms with Crippen LogP contribution in [0, 0.1) is 0 Å². The van der Waals surface area contributed by atoms with E-state index in [0.717, 1.165) is 36.6 Å². The molecule has 5 rings (SSSR count). The lowest BCUT2D eigenvalue weighted by Crippen LogP contribution is -2.24. The van der Waals surface area contributed by atoms with Crippen LogP contribution in [-0.2, 0) is 17.6 Å². The molecule has 0 unspecified atom stereocenters. The van der Waals surface area contributed by atoms with Crippen molar-refractivity contribution in [3.63, 3.8) is 0 Å². The van der Waals surface area contributed by atoms with Crippen LogP contribution in [0.25, 0.3) is 15.9 Å². The van der Waals surface area contributed by atoms with Gasteiger partial charge in [-0.3, -0.25) is 14.2 Å². The standard InChI is InChI=1S/C24H19ClN4O4S2/c25-14-5-7-15(8-6-14)29-23(33)21-17-2-1-3-19(17)35-22(21)27-24(29)34-12-20(32)28-26-11-13-4-9-16(30)10-18(13)31/h4-11,30-31H,1-3,12H2,(H,28,32). The number of aryl methyl sites for hydroxylation is 2. The van der Waals surface area contributed by atoms with Crippen molar-refractivity contribution < 1.29 is 15.0 Å². The van der Waals surface area contributed by atoms with Gasteiger partial charge in [0.15, 0.2) is 5.16 Å². The molecule has 2 aromatic heterocycles. The number of benzene rings is 2. The van der Waals surface area contributed by atoms with Crippen molar-refractivity contribution in [2.45, 2.75) is 24.4 Å². The molecule has 3 N–H and O–H groups in total. The number of thioether (sulfide) groups is 1. The maximum absolute atomic E-state index is 13.6. The maximum atomic E-state index is 13.6. The Morgan fingerprint density at radius 1 is 1.23 bits per heavy atom. The number of phenols is 2. The zero-order valence-corrected chi connectivity index (χ0v) is 20.6. The van der Waals surface area contributed by atoms with Crippen LogP contribution in [0.2, 0.25) is 5.02 Å². The van der Waals surface area contributed by atoms with Gasteiger partial charge in [0.25, 0.3) is 11.5 Å². The number of aromatic hydroxyl groups is 2. The van der Waals surface area contributed by atoms with Crippen LogP contribution in [0.4, 0.5) is 0 Å². The molecule has 2 heterocycles. The molecule has 35 heavy (non-hydrogen) atoms. The second-order valence-electron chi connectivity index (χ2n) is 7.87. The van der Waals surface area contributed by atoms with Gasteiger partial charge in [-0.15, -0.1) is 11.3 Å². The number of aromatic nitrogens is 2. The lowest BCUT2D eigenvalue weighted by molar-refractivity contribution is -0.118. The molecular weight excluding hydrogens is 508 g/mol. The van der Waals surface area contributed by atoms with Crippen LogP contribution in [0.15, 0.2) is 57.5 Å². The Labute approximate surface area is 212 Å². The number of carbonyl (C=O) groups excluding carboxylic acids is 1. The van der Waals surface area contributed by atoms with Gasteiger partial charge in [-0.25, -0.2) is 10.4 Å². The van der Waals surface area contributed by atoms with E-state index in [4.69, 9.17) is 16.6 Å². The third-order valence-corrected chi connectivity index (χ3v) is 7.91. The zero-order chi connectivity index (χ0) is 24.5. The molecule has 1 aliphatic carbocycles. The first-order chi connectivity index (χ1) is 16.9. The Hall–Kier alpha value is -3.34. The van der Waals surface area contributed by atoms with Crippen LogP contribution < -0.4 is 11.0 Å². The molecule has 0 saturated carbocycles. The summed E-state index contributed by atoms with van der Waals surface area (Å²) >= 11 is 8.72. The van der Waals surface area contributed by atoms with Gasteiger partial charge >= 0.3 is 0 Å². The molecular formula is C24H19ClN4O4S2. The van der Waals surface area contributed by atoms with Gasteiger partial charge in [-0.1, -0.05) is 23.4 Å². The quantitative estimate of drug-likeness (QED) is 0.150. The number of fused-ring (bicyclic) bond motifs is 3. The number of hydrogen-bond acceptors (Lipinski definition) is 8. The lowest BCUT2D eigenvalue weighted by atomic mass is 10.2. The molecule has 1 amide bonds. The molecule has 8 nitrogen and oxygen atoms in total. The molecule has 0 saturated heterocycles. The molecule has 2 aromatic carbocycles. The molecule has 0 bridgehead atoms. The van der Waals surface area contributed by atoms with E-state index in [-0.39, 0.29) is 22.8 Å². The first-order valence-electron chi connectivity index (χ1n) is 10.7. The third kappa shape index (κ3) is 4.77. The van der Waals surface area contributed by atoms with Crippen molar-refractivity contribution >= 4 is 57.0 Å². The van der Waals surface area contributed by atoms with Crippen LogP contribution in [0.3, 0.4) is 0 Å². The number of amides is 1. The maximum Gasteiger partial charge on any atom is 0.267 e. The number of phenolic OH excluding ortho intramolecular Hbond substituents is 2. The largest absolute Gasteiger partial charge is 0.508 e. The number of rotatable bonds is 6. The average molecular weight is 527 g/mol. The van der Waals surface area contributed by atoms with Crippen molar-refractivity contribution in [2.75, 3.05) is 5.75 Å². The number of nitrogens with one attached hydrogen (secondary N) is 1. The SMILES string of the molecule is O=C(CSc1nc2sc3c(c2c(=O)n1-c1ccc(Cl)cc1)CCC3)NN=Cc1ccc(O)cc1O. The fourth-order valence-corrected chi connectivity index (χ4v) is 6.15. The number of halogens is 1. The minimum atomic E-state index is -0.407. The topological polar surface area (TPSA) is 117 Å². The van der Waals surface area contributed by atoms with Gasteiger partial charge in [0, 0.05) is 21.5 Å². The Balaban J connectivity index is 1.40. The lowest BCUT2D eigenvalue weighted by Gasteiger charge is -2.12. The molecule has 0 radical (unpaired) electrons. The Morgan fingerprint density at radius 2 is 2.03 bits per heavy atom. The van der Waals surface area contributed by atoms with Gasteiger partial charge < -0.3 is 10.2 Å². The number of hydrazone groups is 1. The smallest absolute Gasteiger partial charge is 0.267 e. The molecule has 0 atom stereocenters. The summed E-state index contributed by atoms with van der Waals surface area (Å²) in [7, 11) is 0. The fourth-order valence-electron chi connectivity index (χ4n) is 3.92. The summed E-state index contributed by atoms with van der Waals surface area (Å²) in [5.41, 5.74) is 4.30. The molecule has 178 valence electrons. The summed E-state index contributed by atoms with van der Waals surface area (Å²) in [6.45, 7) is 0. The summed E-state index contributed by atoms with van der Waals surface area (Å²) < 4.78 is 1.53. The first-order valence-corrected chi connectivity index (χ1v) is 12.9. The predicted octanol–water partition coefficient (Wildman–Crippen LogP) is 4.24. The normalized spacial score (nSPS) is 12.9. The third-order valence-electron chi connectivity index (χ3n) is 5.53. The Bertz CT molecular complexity index is 1530. The van der Waals surface area contributed by atoms with Gasteiger partial charge in [0.2, 0.25) is 0 Å². The van der Waals surface area contributed by atoms with Crippen molar-refractivity contribution in [1.29, 1.82) is 0 Å². The van der Waals surface area contributed by atoms with E-state index in [1.54, 1.807) is 35.6 Å². The minimum absolute atomic E-state index is 0.0322. The van der Waals surface area contributed by atoms with Gasteiger partial charge in [0.05, 0.1) is 23.0 Å². The van der Waals surface area contributed by atoms with Crippen molar-refractivity contribution in [2.24, 2.45) is 5.10 Å². The second kappa shape index (κ2) is 9.73. The van der Waals surface area contributed by atoms with Crippen molar-refractivity contribution in [1.82, 2.24) is 15.0 Å². The summed E-state index contributed by atoms with van der Waals surface area (Å²) in [4.78, 5) is 32.7. The van der Waals surface area contributed by atoms with E-state index < -0.39 is 5.91 Å². The second-order valence-corrected chi connectivity index (χ2v) is 10.3. The highest BCUT2D eigenvalue weighted by atomic mass is 35.5. The molecule has 0 aliphatic heterocycles. The van der Waals surface area contributed by atoms with Gasteiger partial charge in [-0.2, -0.15) is 5.10 Å². The van der Waals surface area contributed by atoms with Crippen LogP contribution in [-0.4, -0.2) is 37.6 Å². The van der Waals surface area contributed by atoms with E-state index in [1.807, 2.05) is 0 Å². The van der Waals surface area contributed by atoms with Crippen molar-refractivity contribution in [3.05, 3.63) is 73.8 Å². The number of carbonyl (C=O) groups is 1. The Morgan fingerprint density at radius 3 is 2.80 bits per heavy atom. The van der Waals surface area contributed by atoms with Gasteiger partial charge in [0.1, 0.15) is 16.3 Å². The molecule has 11 heteroatoms. The summed E-state index contributed by atoms with van der Waals surface area (Å²) in [6, 6.07) is 11.0. The molecule has 4 aromatic rings. The number of nitrogens with zero attached hydrogens (tertiary/aromatic N) is 3. The first kappa shape index (κ1) is 23.4. The highest BCUT2D eigenvalue weighted by molar-refractivity contribution is 7.99. The number of hydrogen-bond donors (Lipinski definition) is 3. The zero-order valence-electron chi connectivity index (χ0n) is 18.2. The predicted molar refractivity (Wildman–Crippen MR) is 138 cm³/mol. The summed E-state index contributed by atoms with van der Waals surface area (Å²) in [5, 5.41) is 24.6. The average Bonchev–Trinajstić information content (AvgIpc) is 3.41. The monoisotopic (exact) mass is 526 g/mol. The van der Waals surface area contributed by atoms with E-state index in [1.165, 1.54) is 33.9 Å². The van der Waals surface area contributed by atoms with E-state index in [0.29, 0.717) is 31.6 Å².